The number of carbonyl (C=O) groups is 1. The highest BCUT2D eigenvalue weighted by molar-refractivity contribution is 8.26. The summed E-state index contributed by atoms with van der Waals surface area (Å²) in [6.07, 6.45) is 2.02. The Bertz CT molecular complexity index is 568. The van der Waals surface area contributed by atoms with Gasteiger partial charge in [-0.05, 0) is 18.6 Å². The zero-order chi connectivity index (χ0) is 12.7. The van der Waals surface area contributed by atoms with E-state index in [4.69, 9.17) is 12.2 Å². The molecule has 0 spiro atoms. The maximum Gasteiger partial charge on any atom is 0.263 e. The third kappa shape index (κ3) is 1.93. The standard InChI is InChI=1S/C13H12N2OS2/c1-7-9(6-11-12(16)15-13(17)18-11)8-4-2-3-5-10(8)14-7/h2-7,9,14H,1H3,(H,15,16,17). The van der Waals surface area contributed by atoms with Crippen molar-refractivity contribution in [2.75, 3.05) is 5.32 Å². The Balaban J connectivity index is 1.96. The molecule has 1 fully saturated rings. The quantitative estimate of drug-likeness (QED) is 0.611. The van der Waals surface area contributed by atoms with Gasteiger partial charge in [0.2, 0.25) is 0 Å². The van der Waals surface area contributed by atoms with E-state index in [0.717, 1.165) is 5.69 Å². The van der Waals surface area contributed by atoms with Crippen molar-refractivity contribution in [3.63, 3.8) is 0 Å². The van der Waals surface area contributed by atoms with Crippen molar-refractivity contribution in [1.82, 2.24) is 5.32 Å². The lowest BCUT2D eigenvalue weighted by Gasteiger charge is -2.11. The Morgan fingerprint density at radius 1 is 1.39 bits per heavy atom. The van der Waals surface area contributed by atoms with Gasteiger partial charge >= 0.3 is 0 Å². The maximum absolute atomic E-state index is 11.7. The molecule has 1 saturated heterocycles. The molecule has 3 nitrogen and oxygen atoms in total. The van der Waals surface area contributed by atoms with Crippen LogP contribution in [-0.4, -0.2) is 16.3 Å². The van der Waals surface area contributed by atoms with Gasteiger partial charge in [-0.15, -0.1) is 0 Å². The molecule has 18 heavy (non-hydrogen) atoms. The monoisotopic (exact) mass is 276 g/mol. The Labute approximate surface area is 115 Å². The molecule has 3 rings (SSSR count). The molecular formula is C13H12N2OS2. The van der Waals surface area contributed by atoms with E-state index in [9.17, 15) is 4.79 Å². The number of para-hydroxylation sites is 1. The molecule has 2 aliphatic heterocycles. The maximum atomic E-state index is 11.7. The fourth-order valence-electron chi connectivity index (χ4n) is 2.36. The number of benzene rings is 1. The van der Waals surface area contributed by atoms with E-state index in [1.54, 1.807) is 0 Å². The van der Waals surface area contributed by atoms with Crippen LogP contribution in [0.3, 0.4) is 0 Å². The summed E-state index contributed by atoms with van der Waals surface area (Å²) < 4.78 is 0.540. The van der Waals surface area contributed by atoms with E-state index in [1.165, 1.54) is 17.3 Å². The van der Waals surface area contributed by atoms with E-state index < -0.39 is 0 Å². The molecule has 1 amide bonds. The van der Waals surface area contributed by atoms with Crippen molar-refractivity contribution in [2.45, 2.75) is 18.9 Å². The van der Waals surface area contributed by atoms with Gasteiger partial charge in [0.05, 0.1) is 4.91 Å². The lowest BCUT2D eigenvalue weighted by Crippen LogP contribution is -2.19. The van der Waals surface area contributed by atoms with Crippen molar-refractivity contribution in [3.8, 4) is 0 Å². The van der Waals surface area contributed by atoms with Gasteiger partial charge in [-0.2, -0.15) is 0 Å². The number of thiocarbonyl (C=S) groups is 1. The Morgan fingerprint density at radius 3 is 2.89 bits per heavy atom. The molecule has 2 aliphatic rings. The van der Waals surface area contributed by atoms with Gasteiger partial charge in [0.25, 0.3) is 5.91 Å². The average Bonchev–Trinajstić information content (AvgIpc) is 2.81. The van der Waals surface area contributed by atoms with Gasteiger partial charge in [0.15, 0.2) is 0 Å². The highest BCUT2D eigenvalue weighted by Crippen LogP contribution is 2.39. The Kier molecular flexibility index (Phi) is 2.87. The molecule has 0 bridgehead atoms. The predicted molar refractivity (Wildman–Crippen MR) is 78.7 cm³/mol. The first-order chi connectivity index (χ1) is 8.65. The highest BCUT2D eigenvalue weighted by atomic mass is 32.2. The van der Waals surface area contributed by atoms with E-state index in [1.807, 2.05) is 18.2 Å². The third-order valence-corrected chi connectivity index (χ3v) is 4.40. The number of thioether (sulfide) groups is 1. The molecule has 5 heteroatoms. The van der Waals surface area contributed by atoms with Crippen molar-refractivity contribution in [1.29, 1.82) is 0 Å². The molecule has 0 aromatic heterocycles. The van der Waals surface area contributed by atoms with Crippen LogP contribution in [0.25, 0.3) is 0 Å². The average molecular weight is 276 g/mol. The molecule has 2 unspecified atom stereocenters. The summed E-state index contributed by atoms with van der Waals surface area (Å²) in [4.78, 5) is 12.4. The topological polar surface area (TPSA) is 41.1 Å². The van der Waals surface area contributed by atoms with Gasteiger partial charge in [-0.3, -0.25) is 4.79 Å². The Morgan fingerprint density at radius 2 is 2.17 bits per heavy atom. The predicted octanol–water partition coefficient (Wildman–Crippen LogP) is 2.62. The van der Waals surface area contributed by atoms with E-state index >= 15 is 0 Å². The summed E-state index contributed by atoms with van der Waals surface area (Å²) >= 11 is 6.34. The van der Waals surface area contributed by atoms with Crippen LogP contribution in [-0.2, 0) is 4.79 Å². The first kappa shape index (κ1) is 11.7. The minimum Gasteiger partial charge on any atom is -0.381 e. The second-order valence-corrected chi connectivity index (χ2v) is 6.14. The van der Waals surface area contributed by atoms with Crippen LogP contribution in [0.4, 0.5) is 5.69 Å². The molecule has 0 saturated carbocycles. The highest BCUT2D eigenvalue weighted by Gasteiger charge is 2.30. The van der Waals surface area contributed by atoms with Gasteiger partial charge in [0.1, 0.15) is 4.32 Å². The summed E-state index contributed by atoms with van der Waals surface area (Å²) in [6.45, 7) is 2.12. The van der Waals surface area contributed by atoms with Crippen LogP contribution in [0.2, 0.25) is 0 Å². The second kappa shape index (κ2) is 4.40. The normalized spacial score (nSPS) is 28.2. The van der Waals surface area contributed by atoms with Gasteiger partial charge in [-0.1, -0.05) is 48.3 Å². The number of hydrogen-bond acceptors (Lipinski definition) is 4. The second-order valence-electron chi connectivity index (χ2n) is 4.42. The smallest absolute Gasteiger partial charge is 0.263 e. The summed E-state index contributed by atoms with van der Waals surface area (Å²) in [6, 6.07) is 8.49. The molecule has 0 aliphatic carbocycles. The summed E-state index contributed by atoms with van der Waals surface area (Å²) in [5, 5.41) is 6.08. The number of rotatable bonds is 1. The zero-order valence-corrected chi connectivity index (χ0v) is 11.4. The summed E-state index contributed by atoms with van der Waals surface area (Å²) in [7, 11) is 0. The first-order valence-corrected chi connectivity index (χ1v) is 6.98. The van der Waals surface area contributed by atoms with E-state index in [0.29, 0.717) is 9.23 Å². The van der Waals surface area contributed by atoms with Gasteiger partial charge in [0, 0.05) is 17.6 Å². The minimum absolute atomic E-state index is 0.0819. The van der Waals surface area contributed by atoms with Crippen molar-refractivity contribution in [3.05, 3.63) is 40.8 Å². The fraction of sp³-hybridized carbons (Fsp3) is 0.231. The number of fused-ring (bicyclic) bond motifs is 1. The fourth-order valence-corrected chi connectivity index (χ4v) is 3.42. The SMILES string of the molecule is CC1Nc2ccccc2C1C=C1SC(=S)NC1=O. The third-order valence-electron chi connectivity index (χ3n) is 3.21. The molecule has 2 atom stereocenters. The summed E-state index contributed by atoms with van der Waals surface area (Å²) in [5.74, 6) is 0.136. The lowest BCUT2D eigenvalue weighted by molar-refractivity contribution is -0.115. The summed E-state index contributed by atoms with van der Waals surface area (Å²) in [5.41, 5.74) is 2.39. The lowest BCUT2D eigenvalue weighted by atomic mass is 9.95. The molecule has 2 heterocycles. The molecule has 1 aromatic rings. The van der Waals surface area contributed by atoms with Crippen LogP contribution in [0.5, 0.6) is 0 Å². The molecule has 1 aromatic carbocycles. The van der Waals surface area contributed by atoms with Crippen LogP contribution in [0.15, 0.2) is 35.2 Å². The van der Waals surface area contributed by atoms with Crippen molar-refractivity contribution in [2.24, 2.45) is 0 Å². The van der Waals surface area contributed by atoms with Gasteiger partial charge in [-0.25, -0.2) is 0 Å². The van der Waals surface area contributed by atoms with Crippen LogP contribution >= 0.6 is 24.0 Å². The van der Waals surface area contributed by atoms with Crippen LogP contribution in [0, 0.1) is 0 Å². The number of anilines is 1. The van der Waals surface area contributed by atoms with E-state index in [-0.39, 0.29) is 17.9 Å². The Hall–Kier alpha value is -1.33. The van der Waals surface area contributed by atoms with Gasteiger partial charge < -0.3 is 10.6 Å². The first-order valence-electron chi connectivity index (χ1n) is 5.75. The zero-order valence-electron chi connectivity index (χ0n) is 9.77. The number of carbonyl (C=O) groups excluding carboxylic acids is 1. The number of nitrogens with one attached hydrogen (secondary N) is 2. The van der Waals surface area contributed by atoms with Crippen LogP contribution < -0.4 is 10.6 Å². The minimum atomic E-state index is -0.0819. The number of amides is 1. The van der Waals surface area contributed by atoms with Crippen LogP contribution in [0.1, 0.15) is 18.4 Å². The molecular weight excluding hydrogens is 264 g/mol. The van der Waals surface area contributed by atoms with E-state index in [2.05, 4.69) is 29.7 Å². The largest absolute Gasteiger partial charge is 0.381 e. The number of hydrogen-bond donors (Lipinski definition) is 2. The van der Waals surface area contributed by atoms with Crippen molar-refractivity contribution < 1.29 is 4.79 Å². The van der Waals surface area contributed by atoms with Crippen molar-refractivity contribution >= 4 is 39.9 Å². The molecule has 92 valence electrons. The molecule has 2 N–H and O–H groups in total. The molecule has 0 radical (unpaired) electrons.